The number of benzene rings is 2. The van der Waals surface area contributed by atoms with Crippen molar-refractivity contribution in [2.45, 2.75) is 24.3 Å². The summed E-state index contributed by atoms with van der Waals surface area (Å²) in [7, 11) is -1.09. The molecule has 0 N–H and O–H groups in total. The number of rotatable bonds is 5. The normalized spacial score (nSPS) is 13.4. The smallest absolute Gasteiger partial charge is 0.0730 e. The molecule has 0 aliphatic heterocycles. The lowest BCUT2D eigenvalue weighted by Crippen LogP contribution is -2.09. The van der Waals surface area contributed by atoms with Crippen molar-refractivity contribution < 1.29 is 4.21 Å². The highest BCUT2D eigenvalue weighted by Crippen LogP contribution is 2.26. The Morgan fingerprint density at radius 1 is 1.10 bits per heavy atom. The van der Waals surface area contributed by atoms with Gasteiger partial charge in [-0.1, -0.05) is 54.6 Å². The molecule has 2 unspecified atom stereocenters. The van der Waals surface area contributed by atoms with Crippen LogP contribution in [0, 0.1) is 18.3 Å². The third-order valence-electron chi connectivity index (χ3n) is 3.32. The van der Waals surface area contributed by atoms with Crippen LogP contribution in [0.15, 0.2) is 54.6 Å². The molecule has 102 valence electrons. The number of nitriles is 1. The molecule has 0 amide bonds. The zero-order chi connectivity index (χ0) is 14.4. The highest BCUT2D eigenvalue weighted by Gasteiger charge is 2.19. The summed E-state index contributed by atoms with van der Waals surface area (Å²) in [6.07, 6.45) is 0.280. The zero-order valence-corrected chi connectivity index (χ0v) is 12.3. The molecule has 0 saturated heterocycles. The molecule has 2 nitrogen and oxygen atoms in total. The van der Waals surface area contributed by atoms with Crippen molar-refractivity contribution >= 4 is 10.8 Å². The van der Waals surface area contributed by atoms with Crippen LogP contribution < -0.4 is 0 Å². The monoisotopic (exact) mass is 283 g/mol. The Bertz CT molecular complexity index is 631. The number of aryl methyl sites for hydroxylation is 1. The molecule has 0 fully saturated rings. The molecule has 0 heterocycles. The lowest BCUT2D eigenvalue weighted by molar-refractivity contribution is 0.672. The predicted octanol–water partition coefficient (Wildman–Crippen LogP) is 3.90. The maximum absolute atomic E-state index is 12.6. The fraction of sp³-hybridized carbons (Fsp3) is 0.235. The van der Waals surface area contributed by atoms with Gasteiger partial charge in [0.15, 0.2) is 0 Å². The fourth-order valence-corrected chi connectivity index (χ4v) is 3.69. The predicted molar refractivity (Wildman–Crippen MR) is 82.4 cm³/mol. The van der Waals surface area contributed by atoms with E-state index < -0.39 is 10.8 Å². The summed E-state index contributed by atoms with van der Waals surface area (Å²) in [5.74, 6) is 0.494. The Labute approximate surface area is 122 Å². The van der Waals surface area contributed by atoms with E-state index in [1.54, 1.807) is 0 Å². The molecule has 0 aliphatic carbocycles. The van der Waals surface area contributed by atoms with Crippen LogP contribution in [-0.2, 0) is 16.6 Å². The van der Waals surface area contributed by atoms with Gasteiger partial charge in [0.1, 0.15) is 0 Å². The summed E-state index contributed by atoms with van der Waals surface area (Å²) in [5.41, 5.74) is 3.20. The van der Waals surface area contributed by atoms with Gasteiger partial charge in [-0.2, -0.15) is 5.26 Å². The van der Waals surface area contributed by atoms with E-state index in [9.17, 15) is 4.21 Å². The molecule has 0 saturated carbocycles. The Morgan fingerprint density at radius 3 is 2.40 bits per heavy atom. The number of hydrogen-bond donors (Lipinski definition) is 0. The first kappa shape index (κ1) is 14.5. The minimum atomic E-state index is -1.09. The molecule has 2 rings (SSSR count). The van der Waals surface area contributed by atoms with Crippen LogP contribution in [0.1, 0.15) is 28.4 Å². The van der Waals surface area contributed by atoms with Crippen molar-refractivity contribution in [3.63, 3.8) is 0 Å². The van der Waals surface area contributed by atoms with Gasteiger partial charge < -0.3 is 0 Å². The van der Waals surface area contributed by atoms with Gasteiger partial charge in [0.25, 0.3) is 0 Å². The van der Waals surface area contributed by atoms with E-state index in [2.05, 4.69) is 6.07 Å². The average molecular weight is 283 g/mol. The van der Waals surface area contributed by atoms with Gasteiger partial charge in [-0.3, -0.25) is 4.21 Å². The van der Waals surface area contributed by atoms with E-state index in [1.807, 2.05) is 61.5 Å². The lowest BCUT2D eigenvalue weighted by atomic mass is 10.1. The van der Waals surface area contributed by atoms with Gasteiger partial charge >= 0.3 is 0 Å². The Kier molecular flexibility index (Phi) is 5.09. The van der Waals surface area contributed by atoms with Gasteiger partial charge in [-0.25, -0.2) is 0 Å². The van der Waals surface area contributed by atoms with E-state index in [0.29, 0.717) is 5.75 Å². The molecule has 0 spiro atoms. The summed E-state index contributed by atoms with van der Waals surface area (Å²) < 4.78 is 12.6. The maximum Gasteiger partial charge on any atom is 0.0730 e. The lowest BCUT2D eigenvalue weighted by Gasteiger charge is -2.15. The number of hydrogen-bond acceptors (Lipinski definition) is 2. The molecule has 0 radical (unpaired) electrons. The summed E-state index contributed by atoms with van der Waals surface area (Å²) in [6, 6.07) is 19.8. The largest absolute Gasteiger partial charge is 0.259 e. The molecule has 0 aromatic heterocycles. The van der Waals surface area contributed by atoms with Crippen molar-refractivity contribution in [1.82, 2.24) is 0 Å². The van der Waals surface area contributed by atoms with Crippen LogP contribution in [0.2, 0.25) is 0 Å². The Morgan fingerprint density at radius 2 is 1.75 bits per heavy atom. The highest BCUT2D eigenvalue weighted by molar-refractivity contribution is 7.84. The van der Waals surface area contributed by atoms with Crippen LogP contribution >= 0.6 is 0 Å². The van der Waals surface area contributed by atoms with Crippen molar-refractivity contribution in [2.75, 3.05) is 0 Å². The summed E-state index contributed by atoms with van der Waals surface area (Å²) in [4.78, 5) is 0. The minimum Gasteiger partial charge on any atom is -0.259 e. The third-order valence-corrected chi connectivity index (χ3v) is 4.99. The molecular formula is C17H17NOS. The molecule has 2 atom stereocenters. The van der Waals surface area contributed by atoms with Crippen LogP contribution in [-0.4, -0.2) is 4.21 Å². The Balaban J connectivity index is 2.21. The van der Waals surface area contributed by atoms with E-state index in [-0.39, 0.29) is 11.7 Å². The van der Waals surface area contributed by atoms with Gasteiger partial charge in [-0.15, -0.1) is 0 Å². The van der Waals surface area contributed by atoms with Crippen molar-refractivity contribution in [2.24, 2.45) is 0 Å². The van der Waals surface area contributed by atoms with Gasteiger partial charge in [-0.05, 0) is 23.6 Å². The molecular weight excluding hydrogens is 266 g/mol. The summed E-state index contributed by atoms with van der Waals surface area (Å²) >= 11 is 0. The van der Waals surface area contributed by atoms with Gasteiger partial charge in [0.2, 0.25) is 0 Å². The van der Waals surface area contributed by atoms with Crippen LogP contribution in [0.4, 0.5) is 0 Å². The number of nitrogens with zero attached hydrogens (tertiary/aromatic N) is 1. The fourth-order valence-electron chi connectivity index (χ4n) is 2.14. The first-order chi connectivity index (χ1) is 9.72. The van der Waals surface area contributed by atoms with E-state index >= 15 is 0 Å². The SMILES string of the molecule is Cc1ccccc1CS(=O)C(CC#N)c1ccccc1. The average Bonchev–Trinajstić information content (AvgIpc) is 2.48. The first-order valence-electron chi connectivity index (χ1n) is 6.56. The van der Waals surface area contributed by atoms with E-state index in [4.69, 9.17) is 5.26 Å². The van der Waals surface area contributed by atoms with Crippen LogP contribution in [0.3, 0.4) is 0 Å². The van der Waals surface area contributed by atoms with E-state index in [1.165, 1.54) is 0 Å². The van der Waals surface area contributed by atoms with E-state index in [0.717, 1.165) is 16.7 Å². The maximum atomic E-state index is 12.6. The standard InChI is InChI=1S/C17H17NOS/c1-14-7-5-6-10-16(14)13-20(19)17(11-12-18)15-8-3-2-4-9-15/h2-10,17H,11,13H2,1H3. The van der Waals surface area contributed by atoms with Crippen molar-refractivity contribution in [3.05, 3.63) is 71.3 Å². The quantitative estimate of drug-likeness (QED) is 0.835. The van der Waals surface area contributed by atoms with Crippen molar-refractivity contribution in [1.29, 1.82) is 5.26 Å². The molecule has 2 aromatic rings. The zero-order valence-electron chi connectivity index (χ0n) is 11.5. The summed E-state index contributed by atoms with van der Waals surface area (Å²) in [6.45, 7) is 2.02. The molecule has 0 bridgehead atoms. The van der Waals surface area contributed by atoms with Crippen molar-refractivity contribution in [3.8, 4) is 6.07 Å². The topological polar surface area (TPSA) is 40.9 Å². The summed E-state index contributed by atoms with van der Waals surface area (Å²) in [5, 5.41) is 8.76. The first-order valence-corrected chi connectivity index (χ1v) is 7.94. The highest BCUT2D eigenvalue weighted by atomic mass is 32.2. The molecule has 20 heavy (non-hydrogen) atoms. The second-order valence-corrected chi connectivity index (χ2v) is 6.33. The van der Waals surface area contributed by atoms with Crippen LogP contribution in [0.25, 0.3) is 0 Å². The second kappa shape index (κ2) is 7.02. The minimum absolute atomic E-state index is 0.221. The Hall–Kier alpha value is -1.92. The third kappa shape index (κ3) is 3.55. The molecule has 0 aliphatic rings. The second-order valence-electron chi connectivity index (χ2n) is 4.71. The molecule has 3 heteroatoms. The molecule has 2 aromatic carbocycles. The van der Waals surface area contributed by atoms with Gasteiger partial charge in [0.05, 0.1) is 17.7 Å². The van der Waals surface area contributed by atoms with Crippen LogP contribution in [0.5, 0.6) is 0 Å². The van der Waals surface area contributed by atoms with Gasteiger partial charge in [0, 0.05) is 16.6 Å².